The van der Waals surface area contributed by atoms with Gasteiger partial charge in [0.15, 0.2) is 0 Å². The van der Waals surface area contributed by atoms with Crippen LogP contribution in [0.5, 0.6) is 0 Å². The molecule has 0 bridgehead atoms. The highest BCUT2D eigenvalue weighted by molar-refractivity contribution is 5.83. The van der Waals surface area contributed by atoms with E-state index in [9.17, 15) is 0 Å². The Labute approximate surface area is 155 Å². The van der Waals surface area contributed by atoms with Gasteiger partial charge in [-0.15, -0.1) is 0 Å². The first-order chi connectivity index (χ1) is 12.9. The maximum absolute atomic E-state index is 3.61. The summed E-state index contributed by atoms with van der Waals surface area (Å²) in [4.78, 5) is 0. The normalized spacial score (nSPS) is 10.9. The van der Waals surface area contributed by atoms with Gasteiger partial charge in [-0.2, -0.15) is 0 Å². The molecule has 0 aliphatic carbocycles. The molecule has 0 aliphatic heterocycles. The Morgan fingerprint density at radius 2 is 1.08 bits per heavy atom. The van der Waals surface area contributed by atoms with Gasteiger partial charge in [0, 0.05) is 0 Å². The Bertz CT molecular complexity index is 998. The standard InChI is InChI=1S/C26H19/c1-4-10-21(11-5-1)16-17-25-20-24(22-12-6-2-7-13-22)18-19-26(25)23-14-8-3-9-15-23/h1-19H. The summed E-state index contributed by atoms with van der Waals surface area (Å²) < 4.78 is 0. The molecule has 1 radical (unpaired) electrons. The van der Waals surface area contributed by atoms with Gasteiger partial charge in [0.2, 0.25) is 0 Å². The first-order valence-corrected chi connectivity index (χ1v) is 8.80. The molecule has 0 fully saturated rings. The van der Waals surface area contributed by atoms with E-state index in [0.717, 1.165) is 11.1 Å². The Morgan fingerprint density at radius 1 is 0.500 bits per heavy atom. The fraction of sp³-hybridized carbons (Fsp3) is 0. The number of hydrogen-bond donors (Lipinski definition) is 0. The van der Waals surface area contributed by atoms with E-state index in [1.165, 1.54) is 22.3 Å². The molecular weight excluding hydrogens is 312 g/mol. The fourth-order valence-corrected chi connectivity index (χ4v) is 3.04. The molecule has 4 rings (SSSR count). The van der Waals surface area contributed by atoms with E-state index in [-0.39, 0.29) is 0 Å². The average Bonchev–Trinajstić information content (AvgIpc) is 2.74. The van der Waals surface area contributed by atoms with Gasteiger partial charge in [-0.1, -0.05) is 115 Å². The van der Waals surface area contributed by atoms with Crippen LogP contribution in [0.4, 0.5) is 0 Å². The molecule has 0 heteroatoms. The highest BCUT2D eigenvalue weighted by atomic mass is 14.1. The maximum atomic E-state index is 3.61. The van der Waals surface area contributed by atoms with Crippen LogP contribution in [0.25, 0.3) is 34.4 Å². The topological polar surface area (TPSA) is 0 Å². The second kappa shape index (κ2) is 7.67. The van der Waals surface area contributed by atoms with Crippen LogP contribution in [-0.2, 0) is 0 Å². The van der Waals surface area contributed by atoms with Crippen LogP contribution in [0.15, 0.2) is 103 Å². The lowest BCUT2D eigenvalue weighted by Gasteiger charge is -2.09. The second-order valence-electron chi connectivity index (χ2n) is 6.18. The van der Waals surface area contributed by atoms with Gasteiger partial charge in [0.25, 0.3) is 0 Å². The summed E-state index contributed by atoms with van der Waals surface area (Å²) in [5.41, 5.74) is 6.97. The second-order valence-corrected chi connectivity index (χ2v) is 6.18. The van der Waals surface area contributed by atoms with E-state index < -0.39 is 0 Å². The van der Waals surface area contributed by atoms with Crippen LogP contribution in [-0.4, -0.2) is 0 Å². The van der Waals surface area contributed by atoms with E-state index >= 15 is 0 Å². The van der Waals surface area contributed by atoms with Crippen LogP contribution < -0.4 is 0 Å². The van der Waals surface area contributed by atoms with Gasteiger partial charge in [-0.3, -0.25) is 0 Å². The van der Waals surface area contributed by atoms with Crippen LogP contribution in [0, 0.1) is 6.07 Å². The van der Waals surface area contributed by atoms with E-state index in [2.05, 4.69) is 103 Å². The number of benzene rings is 4. The molecule has 0 amide bonds. The molecule has 4 aromatic rings. The lowest BCUT2D eigenvalue weighted by atomic mass is 9.94. The zero-order valence-corrected chi connectivity index (χ0v) is 14.5. The fourth-order valence-electron chi connectivity index (χ4n) is 3.04. The minimum atomic E-state index is 1.10. The minimum absolute atomic E-state index is 1.10. The van der Waals surface area contributed by atoms with Gasteiger partial charge in [-0.05, 0) is 39.4 Å². The number of hydrogen-bond acceptors (Lipinski definition) is 0. The zero-order chi connectivity index (χ0) is 17.6. The lowest BCUT2D eigenvalue weighted by molar-refractivity contribution is 1.56. The average molecular weight is 331 g/mol. The van der Waals surface area contributed by atoms with E-state index in [1.807, 2.05) is 18.2 Å². The van der Waals surface area contributed by atoms with E-state index in [1.54, 1.807) is 0 Å². The van der Waals surface area contributed by atoms with Crippen molar-refractivity contribution in [3.63, 3.8) is 0 Å². The van der Waals surface area contributed by atoms with Gasteiger partial charge >= 0.3 is 0 Å². The highest BCUT2D eigenvalue weighted by Crippen LogP contribution is 2.29. The zero-order valence-electron chi connectivity index (χ0n) is 14.5. The molecule has 0 atom stereocenters. The quantitative estimate of drug-likeness (QED) is 0.353. The summed E-state index contributed by atoms with van der Waals surface area (Å²) in [7, 11) is 0. The van der Waals surface area contributed by atoms with Crippen LogP contribution >= 0.6 is 0 Å². The first-order valence-electron chi connectivity index (χ1n) is 8.80. The van der Waals surface area contributed by atoms with Crippen LogP contribution in [0.3, 0.4) is 0 Å². The predicted octanol–water partition coefficient (Wildman–Crippen LogP) is 6.99. The van der Waals surface area contributed by atoms with Gasteiger partial charge < -0.3 is 0 Å². The van der Waals surface area contributed by atoms with E-state index in [0.29, 0.717) is 0 Å². The Morgan fingerprint density at radius 3 is 1.73 bits per heavy atom. The molecule has 0 unspecified atom stereocenters. The first kappa shape index (κ1) is 16.1. The summed E-state index contributed by atoms with van der Waals surface area (Å²) in [6, 6.07) is 39.2. The molecule has 0 nitrogen and oxygen atoms in total. The predicted molar refractivity (Wildman–Crippen MR) is 112 cm³/mol. The maximum Gasteiger partial charge on any atom is -0.00141 e. The van der Waals surface area contributed by atoms with Crippen molar-refractivity contribution in [3.05, 3.63) is 120 Å². The third kappa shape index (κ3) is 3.65. The van der Waals surface area contributed by atoms with Gasteiger partial charge in [0.05, 0.1) is 0 Å². The van der Waals surface area contributed by atoms with Crippen molar-refractivity contribution >= 4 is 12.2 Å². The number of rotatable bonds is 4. The SMILES string of the molecule is [c]1c(-c2ccccc2)ccc(-c2ccccc2)c1C=Cc1ccccc1. The monoisotopic (exact) mass is 331 g/mol. The summed E-state index contributed by atoms with van der Waals surface area (Å²) in [5, 5.41) is 0. The molecule has 0 aromatic heterocycles. The minimum Gasteiger partial charge on any atom is -0.0622 e. The van der Waals surface area contributed by atoms with Crippen molar-refractivity contribution < 1.29 is 0 Å². The third-order valence-corrected chi connectivity index (χ3v) is 4.39. The van der Waals surface area contributed by atoms with Crippen LogP contribution in [0.1, 0.15) is 11.1 Å². The molecule has 0 aliphatic rings. The van der Waals surface area contributed by atoms with Gasteiger partial charge in [0.1, 0.15) is 0 Å². The smallest absolute Gasteiger partial charge is 0.00141 e. The molecule has 0 saturated carbocycles. The van der Waals surface area contributed by atoms with Crippen molar-refractivity contribution in [3.8, 4) is 22.3 Å². The third-order valence-electron chi connectivity index (χ3n) is 4.39. The summed E-state index contributed by atoms with van der Waals surface area (Å²) in [5.74, 6) is 0. The summed E-state index contributed by atoms with van der Waals surface area (Å²) in [6.07, 6.45) is 4.30. The summed E-state index contributed by atoms with van der Waals surface area (Å²) >= 11 is 0. The molecule has 4 aromatic carbocycles. The van der Waals surface area contributed by atoms with Crippen molar-refractivity contribution in [1.29, 1.82) is 0 Å². The Balaban J connectivity index is 1.80. The molecule has 0 N–H and O–H groups in total. The largest absolute Gasteiger partial charge is 0.0622 e. The lowest BCUT2D eigenvalue weighted by Crippen LogP contribution is -1.87. The molecule has 0 heterocycles. The molecule has 123 valence electrons. The molecular formula is C26H19. The van der Waals surface area contributed by atoms with Crippen molar-refractivity contribution in [2.75, 3.05) is 0 Å². The van der Waals surface area contributed by atoms with E-state index in [4.69, 9.17) is 0 Å². The summed E-state index contributed by atoms with van der Waals surface area (Å²) in [6.45, 7) is 0. The Kier molecular flexibility index (Phi) is 4.75. The van der Waals surface area contributed by atoms with Crippen molar-refractivity contribution in [2.45, 2.75) is 0 Å². The highest BCUT2D eigenvalue weighted by Gasteiger charge is 2.06. The molecule has 0 spiro atoms. The molecule has 26 heavy (non-hydrogen) atoms. The van der Waals surface area contributed by atoms with Crippen LogP contribution in [0.2, 0.25) is 0 Å². The van der Waals surface area contributed by atoms with Crippen molar-refractivity contribution in [2.24, 2.45) is 0 Å². The molecule has 0 saturated heterocycles. The Hall–Kier alpha value is -3.38. The van der Waals surface area contributed by atoms with Gasteiger partial charge in [-0.25, -0.2) is 0 Å². The van der Waals surface area contributed by atoms with Crippen molar-refractivity contribution in [1.82, 2.24) is 0 Å².